The molecule has 3 nitrogen and oxygen atoms in total. The monoisotopic (exact) mass is 213 g/mol. The van der Waals surface area contributed by atoms with E-state index in [0.717, 1.165) is 32.4 Å². The highest BCUT2D eigenvalue weighted by Gasteiger charge is 2.26. The maximum absolute atomic E-state index is 11.8. The number of carbonyl (C=O) groups is 1. The zero-order chi connectivity index (χ0) is 11.5. The van der Waals surface area contributed by atoms with Crippen molar-refractivity contribution in [1.82, 2.24) is 4.90 Å². The lowest BCUT2D eigenvalue weighted by Crippen LogP contribution is -2.29. The predicted octanol–water partition coefficient (Wildman–Crippen LogP) is 2.06. The van der Waals surface area contributed by atoms with Crippen LogP contribution in [0.1, 0.15) is 40.0 Å². The van der Waals surface area contributed by atoms with Gasteiger partial charge in [0.05, 0.1) is 5.92 Å². The minimum absolute atomic E-state index is 0.0159. The van der Waals surface area contributed by atoms with Crippen LogP contribution >= 0.6 is 0 Å². The molecule has 0 N–H and O–H groups in total. The third-order valence-electron chi connectivity index (χ3n) is 2.69. The van der Waals surface area contributed by atoms with Crippen LogP contribution in [0.2, 0.25) is 0 Å². The van der Waals surface area contributed by atoms with Gasteiger partial charge in [-0.1, -0.05) is 0 Å². The van der Waals surface area contributed by atoms with Crippen molar-refractivity contribution in [2.75, 3.05) is 20.1 Å². The largest absolute Gasteiger partial charge is 0.460 e. The number of ether oxygens (including phenoxy) is 1. The maximum Gasteiger partial charge on any atom is 0.309 e. The molecule has 1 aliphatic rings. The number of hydrogen-bond acceptors (Lipinski definition) is 3. The van der Waals surface area contributed by atoms with Gasteiger partial charge < -0.3 is 9.64 Å². The second-order valence-electron chi connectivity index (χ2n) is 5.46. The number of hydrogen-bond donors (Lipinski definition) is 0. The maximum atomic E-state index is 11.8. The summed E-state index contributed by atoms with van der Waals surface area (Å²) in [6.07, 6.45) is 3.01. The predicted molar refractivity (Wildman–Crippen MR) is 60.7 cm³/mol. The Kier molecular flexibility index (Phi) is 4.14. The molecule has 1 unspecified atom stereocenters. The summed E-state index contributed by atoms with van der Waals surface area (Å²) in [6, 6.07) is 0. The smallest absolute Gasteiger partial charge is 0.309 e. The fourth-order valence-corrected chi connectivity index (χ4v) is 1.86. The summed E-state index contributed by atoms with van der Waals surface area (Å²) in [6.45, 7) is 7.87. The van der Waals surface area contributed by atoms with E-state index in [1.165, 1.54) is 0 Å². The van der Waals surface area contributed by atoms with Crippen molar-refractivity contribution in [2.45, 2.75) is 45.6 Å². The minimum atomic E-state index is -0.352. The van der Waals surface area contributed by atoms with Crippen molar-refractivity contribution in [2.24, 2.45) is 5.92 Å². The average Bonchev–Trinajstić information content (AvgIpc) is 2.26. The topological polar surface area (TPSA) is 29.5 Å². The first-order valence-electron chi connectivity index (χ1n) is 5.80. The normalized spacial score (nSPS) is 24.7. The van der Waals surface area contributed by atoms with E-state index < -0.39 is 0 Å². The molecule has 0 amide bonds. The summed E-state index contributed by atoms with van der Waals surface area (Å²) in [5, 5.41) is 0. The molecule has 1 heterocycles. The van der Waals surface area contributed by atoms with E-state index in [9.17, 15) is 4.79 Å². The molecule has 0 aromatic rings. The Morgan fingerprint density at radius 3 is 2.53 bits per heavy atom. The number of esters is 1. The molecule has 0 aromatic heterocycles. The number of carbonyl (C=O) groups excluding carboxylic acids is 1. The fourth-order valence-electron chi connectivity index (χ4n) is 1.86. The van der Waals surface area contributed by atoms with Gasteiger partial charge in [0.15, 0.2) is 0 Å². The Morgan fingerprint density at radius 1 is 1.27 bits per heavy atom. The molecule has 0 spiro atoms. The second kappa shape index (κ2) is 4.97. The SMILES string of the molecule is CN1CCCC(C(=O)OC(C)(C)C)CC1. The summed E-state index contributed by atoms with van der Waals surface area (Å²) in [7, 11) is 2.11. The van der Waals surface area contributed by atoms with Gasteiger partial charge in [0.2, 0.25) is 0 Å². The first-order valence-corrected chi connectivity index (χ1v) is 5.80. The molecule has 88 valence electrons. The van der Waals surface area contributed by atoms with Crippen molar-refractivity contribution < 1.29 is 9.53 Å². The van der Waals surface area contributed by atoms with Crippen molar-refractivity contribution in [3.05, 3.63) is 0 Å². The third kappa shape index (κ3) is 4.65. The zero-order valence-electron chi connectivity index (χ0n) is 10.4. The van der Waals surface area contributed by atoms with Crippen LogP contribution in [0.4, 0.5) is 0 Å². The van der Waals surface area contributed by atoms with E-state index in [1.54, 1.807) is 0 Å². The highest BCUT2D eigenvalue weighted by Crippen LogP contribution is 2.20. The number of nitrogens with zero attached hydrogens (tertiary/aromatic N) is 1. The lowest BCUT2D eigenvalue weighted by molar-refractivity contribution is -0.160. The van der Waals surface area contributed by atoms with Crippen LogP contribution < -0.4 is 0 Å². The van der Waals surface area contributed by atoms with Gasteiger partial charge in [-0.05, 0) is 60.2 Å². The standard InChI is InChI=1S/C12H23NO2/c1-12(2,3)15-11(14)10-6-5-8-13(4)9-7-10/h10H,5-9H2,1-4H3. The average molecular weight is 213 g/mol. The third-order valence-corrected chi connectivity index (χ3v) is 2.69. The van der Waals surface area contributed by atoms with Gasteiger partial charge in [-0.3, -0.25) is 4.79 Å². The molecule has 1 atom stereocenters. The van der Waals surface area contributed by atoms with Gasteiger partial charge in [-0.15, -0.1) is 0 Å². The summed E-state index contributed by atoms with van der Waals surface area (Å²) in [5.74, 6) is 0.0898. The lowest BCUT2D eigenvalue weighted by atomic mass is 10.0. The van der Waals surface area contributed by atoms with Gasteiger partial charge in [0.25, 0.3) is 0 Å². The van der Waals surface area contributed by atoms with E-state index in [0.29, 0.717) is 0 Å². The van der Waals surface area contributed by atoms with Crippen molar-refractivity contribution in [3.8, 4) is 0 Å². The summed E-state index contributed by atoms with van der Waals surface area (Å²) in [4.78, 5) is 14.1. The van der Waals surface area contributed by atoms with Crippen molar-refractivity contribution >= 4 is 5.97 Å². The first-order chi connectivity index (χ1) is 6.88. The molecule has 1 aliphatic heterocycles. The molecule has 15 heavy (non-hydrogen) atoms. The molecule has 0 aliphatic carbocycles. The van der Waals surface area contributed by atoms with Gasteiger partial charge in [0, 0.05) is 0 Å². The Morgan fingerprint density at radius 2 is 1.93 bits per heavy atom. The molecular weight excluding hydrogens is 190 g/mol. The van der Waals surface area contributed by atoms with Gasteiger partial charge in [-0.25, -0.2) is 0 Å². The quantitative estimate of drug-likeness (QED) is 0.624. The Hall–Kier alpha value is -0.570. The highest BCUT2D eigenvalue weighted by molar-refractivity contribution is 5.72. The summed E-state index contributed by atoms with van der Waals surface area (Å²) >= 11 is 0. The minimum Gasteiger partial charge on any atom is -0.460 e. The Bertz CT molecular complexity index is 220. The van der Waals surface area contributed by atoms with Crippen LogP contribution in [-0.2, 0) is 9.53 Å². The molecule has 0 bridgehead atoms. The molecule has 1 saturated heterocycles. The molecule has 1 fully saturated rings. The molecule has 0 saturated carbocycles. The summed E-state index contributed by atoms with van der Waals surface area (Å²) < 4.78 is 5.41. The number of rotatable bonds is 1. The van der Waals surface area contributed by atoms with E-state index in [2.05, 4.69) is 11.9 Å². The molecule has 1 rings (SSSR count). The van der Waals surface area contributed by atoms with Crippen LogP contribution in [0, 0.1) is 5.92 Å². The van der Waals surface area contributed by atoms with Crippen LogP contribution in [-0.4, -0.2) is 36.6 Å². The van der Waals surface area contributed by atoms with E-state index in [-0.39, 0.29) is 17.5 Å². The van der Waals surface area contributed by atoms with Gasteiger partial charge >= 0.3 is 5.97 Å². The first kappa shape index (κ1) is 12.5. The van der Waals surface area contributed by atoms with Crippen LogP contribution in [0.25, 0.3) is 0 Å². The second-order valence-corrected chi connectivity index (χ2v) is 5.46. The van der Waals surface area contributed by atoms with Crippen molar-refractivity contribution in [1.29, 1.82) is 0 Å². The lowest BCUT2D eigenvalue weighted by Gasteiger charge is -2.23. The molecule has 0 radical (unpaired) electrons. The molecular formula is C12H23NO2. The van der Waals surface area contributed by atoms with Crippen LogP contribution in [0.15, 0.2) is 0 Å². The van der Waals surface area contributed by atoms with Gasteiger partial charge in [-0.2, -0.15) is 0 Å². The zero-order valence-corrected chi connectivity index (χ0v) is 10.4. The van der Waals surface area contributed by atoms with E-state index in [1.807, 2.05) is 20.8 Å². The highest BCUT2D eigenvalue weighted by atomic mass is 16.6. The molecule has 0 aromatic carbocycles. The van der Waals surface area contributed by atoms with Crippen LogP contribution in [0.5, 0.6) is 0 Å². The van der Waals surface area contributed by atoms with Crippen molar-refractivity contribution in [3.63, 3.8) is 0 Å². The number of likely N-dealkylation sites (tertiary alicyclic amines) is 1. The summed E-state index contributed by atoms with van der Waals surface area (Å²) in [5.41, 5.74) is -0.352. The Labute approximate surface area is 92.8 Å². The van der Waals surface area contributed by atoms with Gasteiger partial charge in [0.1, 0.15) is 5.60 Å². The van der Waals surface area contributed by atoms with E-state index >= 15 is 0 Å². The van der Waals surface area contributed by atoms with Crippen LogP contribution in [0.3, 0.4) is 0 Å². The van der Waals surface area contributed by atoms with E-state index in [4.69, 9.17) is 4.74 Å². The fraction of sp³-hybridized carbons (Fsp3) is 0.917. The molecule has 3 heteroatoms. The Balaban J connectivity index is 2.45.